The molecule has 0 aromatic carbocycles. The van der Waals surface area contributed by atoms with Gasteiger partial charge in [-0.15, -0.1) is 0 Å². The standard InChI is InChI=1S/C14H18N2O3/c1-9-12(10(2)17)6-5-11(16-9)8-15-14(18)13-4-3-7-19-13/h5-6,13H,3-4,7-8H2,1-2H3,(H,15,18)/t13-/m1/s1. The topological polar surface area (TPSA) is 68.3 Å². The van der Waals surface area contributed by atoms with Crippen molar-refractivity contribution in [3.05, 3.63) is 29.1 Å². The highest BCUT2D eigenvalue weighted by Gasteiger charge is 2.23. The largest absolute Gasteiger partial charge is 0.368 e. The average molecular weight is 262 g/mol. The first-order valence-corrected chi connectivity index (χ1v) is 6.44. The number of pyridine rings is 1. The number of hydrogen-bond donors (Lipinski definition) is 1. The van der Waals surface area contributed by atoms with Crippen molar-refractivity contribution < 1.29 is 14.3 Å². The molecule has 0 bridgehead atoms. The van der Waals surface area contributed by atoms with Crippen molar-refractivity contribution in [3.8, 4) is 0 Å². The lowest BCUT2D eigenvalue weighted by Crippen LogP contribution is -2.33. The van der Waals surface area contributed by atoms with Crippen LogP contribution in [0.5, 0.6) is 0 Å². The van der Waals surface area contributed by atoms with Crippen molar-refractivity contribution in [1.29, 1.82) is 0 Å². The molecule has 5 heteroatoms. The fourth-order valence-electron chi connectivity index (χ4n) is 2.16. The summed E-state index contributed by atoms with van der Waals surface area (Å²) in [7, 11) is 0. The van der Waals surface area contributed by atoms with Gasteiger partial charge in [-0.25, -0.2) is 0 Å². The van der Waals surface area contributed by atoms with Crippen LogP contribution in [0.2, 0.25) is 0 Å². The highest BCUT2D eigenvalue weighted by Crippen LogP contribution is 2.12. The predicted octanol–water partition coefficient (Wildman–Crippen LogP) is 1.39. The molecular weight excluding hydrogens is 244 g/mol. The van der Waals surface area contributed by atoms with Gasteiger partial charge in [-0.05, 0) is 38.8 Å². The zero-order valence-electron chi connectivity index (χ0n) is 11.2. The molecule has 1 saturated heterocycles. The number of nitrogens with zero attached hydrogens (tertiary/aromatic N) is 1. The lowest BCUT2D eigenvalue weighted by molar-refractivity contribution is -0.130. The molecule has 0 unspecified atom stereocenters. The van der Waals surface area contributed by atoms with E-state index in [0.29, 0.717) is 24.4 Å². The Hall–Kier alpha value is -1.75. The van der Waals surface area contributed by atoms with E-state index in [4.69, 9.17) is 4.74 Å². The number of ether oxygens (including phenoxy) is 1. The number of ketones is 1. The Morgan fingerprint density at radius 3 is 2.84 bits per heavy atom. The average Bonchev–Trinajstić information content (AvgIpc) is 2.89. The number of carbonyl (C=O) groups excluding carboxylic acids is 2. The Balaban J connectivity index is 1.94. The smallest absolute Gasteiger partial charge is 0.249 e. The van der Waals surface area contributed by atoms with Gasteiger partial charge in [-0.3, -0.25) is 14.6 Å². The minimum Gasteiger partial charge on any atom is -0.368 e. The first-order valence-electron chi connectivity index (χ1n) is 6.44. The molecule has 1 aliphatic heterocycles. The second-order valence-electron chi connectivity index (χ2n) is 4.71. The van der Waals surface area contributed by atoms with Gasteiger partial charge in [0.2, 0.25) is 5.91 Å². The molecule has 0 radical (unpaired) electrons. The van der Waals surface area contributed by atoms with E-state index >= 15 is 0 Å². The molecule has 19 heavy (non-hydrogen) atoms. The van der Waals surface area contributed by atoms with Crippen LogP contribution in [0.1, 0.15) is 41.5 Å². The molecule has 1 amide bonds. The molecule has 0 spiro atoms. The monoisotopic (exact) mass is 262 g/mol. The summed E-state index contributed by atoms with van der Waals surface area (Å²) in [6.07, 6.45) is 1.39. The number of nitrogens with one attached hydrogen (secondary N) is 1. The van der Waals surface area contributed by atoms with Crippen LogP contribution in [0.15, 0.2) is 12.1 Å². The molecule has 1 N–H and O–H groups in total. The van der Waals surface area contributed by atoms with Gasteiger partial charge in [0.1, 0.15) is 6.10 Å². The highest BCUT2D eigenvalue weighted by atomic mass is 16.5. The molecule has 1 aliphatic rings. The molecule has 1 aromatic heterocycles. The van der Waals surface area contributed by atoms with Gasteiger partial charge in [0.25, 0.3) is 0 Å². The first kappa shape index (κ1) is 13.7. The number of aryl methyl sites for hydroxylation is 1. The van der Waals surface area contributed by atoms with E-state index in [1.807, 2.05) is 0 Å². The number of amides is 1. The van der Waals surface area contributed by atoms with Crippen LogP contribution in [0, 0.1) is 6.92 Å². The van der Waals surface area contributed by atoms with E-state index in [9.17, 15) is 9.59 Å². The van der Waals surface area contributed by atoms with Crippen LogP contribution in [0.25, 0.3) is 0 Å². The predicted molar refractivity (Wildman–Crippen MR) is 69.8 cm³/mol. The van der Waals surface area contributed by atoms with Crippen LogP contribution >= 0.6 is 0 Å². The fraction of sp³-hybridized carbons (Fsp3) is 0.500. The lowest BCUT2D eigenvalue weighted by atomic mass is 10.1. The Morgan fingerprint density at radius 2 is 2.26 bits per heavy atom. The van der Waals surface area contributed by atoms with E-state index < -0.39 is 0 Å². The zero-order valence-corrected chi connectivity index (χ0v) is 11.2. The summed E-state index contributed by atoms with van der Waals surface area (Å²) in [6.45, 7) is 4.32. The number of carbonyl (C=O) groups is 2. The van der Waals surface area contributed by atoms with Crippen molar-refractivity contribution in [2.75, 3.05) is 6.61 Å². The van der Waals surface area contributed by atoms with E-state index in [-0.39, 0.29) is 17.8 Å². The lowest BCUT2D eigenvalue weighted by Gasteiger charge is -2.10. The number of Topliss-reactive ketones (excluding diaryl/α,β-unsaturated/α-hetero) is 1. The Morgan fingerprint density at radius 1 is 1.47 bits per heavy atom. The van der Waals surface area contributed by atoms with E-state index in [1.165, 1.54) is 6.92 Å². The quantitative estimate of drug-likeness (QED) is 0.832. The molecule has 2 heterocycles. The summed E-state index contributed by atoms with van der Waals surface area (Å²) in [4.78, 5) is 27.4. The third-order valence-electron chi connectivity index (χ3n) is 3.19. The maximum atomic E-state index is 11.8. The van der Waals surface area contributed by atoms with Crippen LogP contribution in [0.3, 0.4) is 0 Å². The van der Waals surface area contributed by atoms with Crippen LogP contribution < -0.4 is 5.32 Å². The van der Waals surface area contributed by atoms with Gasteiger partial charge in [0, 0.05) is 17.9 Å². The van der Waals surface area contributed by atoms with Gasteiger partial charge in [-0.2, -0.15) is 0 Å². The molecule has 0 aliphatic carbocycles. The molecule has 0 saturated carbocycles. The third kappa shape index (κ3) is 3.38. The zero-order chi connectivity index (χ0) is 13.8. The highest BCUT2D eigenvalue weighted by molar-refractivity contribution is 5.95. The van der Waals surface area contributed by atoms with Gasteiger partial charge in [-0.1, -0.05) is 0 Å². The van der Waals surface area contributed by atoms with E-state index in [1.54, 1.807) is 19.1 Å². The second kappa shape index (κ2) is 5.93. The van der Waals surface area contributed by atoms with Crippen molar-refractivity contribution in [3.63, 3.8) is 0 Å². The summed E-state index contributed by atoms with van der Waals surface area (Å²) in [6, 6.07) is 3.51. The minimum absolute atomic E-state index is 0.0000545. The van der Waals surface area contributed by atoms with Crippen molar-refractivity contribution in [2.45, 2.75) is 39.3 Å². The van der Waals surface area contributed by atoms with Gasteiger partial charge < -0.3 is 10.1 Å². The van der Waals surface area contributed by atoms with E-state index in [2.05, 4.69) is 10.3 Å². The molecule has 102 valence electrons. The maximum absolute atomic E-state index is 11.8. The molecule has 2 rings (SSSR count). The Labute approximate surface area is 112 Å². The van der Waals surface area contributed by atoms with Crippen LogP contribution in [-0.4, -0.2) is 29.4 Å². The molecular formula is C14H18N2O3. The molecule has 1 fully saturated rings. The summed E-state index contributed by atoms with van der Waals surface area (Å²) < 4.78 is 5.30. The van der Waals surface area contributed by atoms with E-state index in [0.717, 1.165) is 18.5 Å². The Bertz CT molecular complexity index is 493. The van der Waals surface area contributed by atoms with Crippen LogP contribution in [0.4, 0.5) is 0 Å². The van der Waals surface area contributed by atoms with Crippen molar-refractivity contribution >= 4 is 11.7 Å². The normalized spacial score (nSPS) is 18.3. The number of aromatic nitrogens is 1. The summed E-state index contributed by atoms with van der Waals surface area (Å²) in [5, 5.41) is 2.81. The summed E-state index contributed by atoms with van der Waals surface area (Å²) in [5.74, 6) is -0.0902. The van der Waals surface area contributed by atoms with Gasteiger partial charge in [0.15, 0.2) is 5.78 Å². The van der Waals surface area contributed by atoms with Gasteiger partial charge in [0.05, 0.1) is 12.2 Å². The van der Waals surface area contributed by atoms with Crippen molar-refractivity contribution in [1.82, 2.24) is 10.3 Å². The SMILES string of the molecule is CC(=O)c1ccc(CNC(=O)[C@H]2CCCO2)nc1C. The van der Waals surface area contributed by atoms with Crippen molar-refractivity contribution in [2.24, 2.45) is 0 Å². The summed E-state index contributed by atoms with van der Waals surface area (Å²) in [5.41, 5.74) is 2.06. The number of rotatable bonds is 4. The van der Waals surface area contributed by atoms with Crippen LogP contribution in [-0.2, 0) is 16.1 Å². The fourth-order valence-corrected chi connectivity index (χ4v) is 2.16. The number of hydrogen-bond acceptors (Lipinski definition) is 4. The van der Waals surface area contributed by atoms with Gasteiger partial charge >= 0.3 is 0 Å². The third-order valence-corrected chi connectivity index (χ3v) is 3.19. The molecule has 1 aromatic rings. The Kier molecular flexibility index (Phi) is 4.27. The first-order chi connectivity index (χ1) is 9.08. The summed E-state index contributed by atoms with van der Waals surface area (Å²) >= 11 is 0. The molecule has 1 atom stereocenters. The molecule has 5 nitrogen and oxygen atoms in total. The minimum atomic E-state index is -0.322. The maximum Gasteiger partial charge on any atom is 0.249 e. The second-order valence-corrected chi connectivity index (χ2v) is 4.71.